The molecule has 0 bridgehead atoms. The van der Waals surface area contributed by atoms with Crippen molar-refractivity contribution in [3.05, 3.63) is 54.6 Å². The molecule has 0 amide bonds. The molecule has 1 aliphatic rings. The molecule has 22 heavy (non-hydrogen) atoms. The van der Waals surface area contributed by atoms with Crippen LogP contribution in [0.3, 0.4) is 0 Å². The van der Waals surface area contributed by atoms with Gasteiger partial charge in [0.15, 0.2) is 0 Å². The molecule has 1 saturated heterocycles. The van der Waals surface area contributed by atoms with Crippen molar-refractivity contribution in [2.24, 2.45) is 5.73 Å². The van der Waals surface area contributed by atoms with E-state index in [2.05, 4.69) is 0 Å². The summed E-state index contributed by atoms with van der Waals surface area (Å²) in [6.07, 6.45) is 0.571. The first-order valence-electron chi connectivity index (χ1n) is 7.16. The van der Waals surface area contributed by atoms with Crippen LogP contribution in [0.4, 0.5) is 5.69 Å². The lowest BCUT2D eigenvalue weighted by Gasteiger charge is -2.19. The second kappa shape index (κ2) is 5.98. The van der Waals surface area contributed by atoms with E-state index in [0.29, 0.717) is 24.4 Å². The number of benzene rings is 2. The highest BCUT2D eigenvalue weighted by Crippen LogP contribution is 2.30. The first-order chi connectivity index (χ1) is 10.6. The molecule has 0 aromatic heterocycles. The quantitative estimate of drug-likeness (QED) is 0.939. The smallest absolute Gasteiger partial charge is 0.239 e. The molecule has 3 rings (SSSR count). The monoisotopic (exact) mass is 318 g/mol. The van der Waals surface area contributed by atoms with Gasteiger partial charge in [0.25, 0.3) is 0 Å². The number of para-hydroxylation sites is 1. The van der Waals surface area contributed by atoms with Gasteiger partial charge in [0, 0.05) is 13.1 Å². The molecular formula is C16H18N2O3S. The summed E-state index contributed by atoms with van der Waals surface area (Å²) in [6, 6.07) is 16.5. The molecule has 5 nitrogen and oxygen atoms in total. The van der Waals surface area contributed by atoms with E-state index in [1.807, 2.05) is 30.3 Å². The van der Waals surface area contributed by atoms with Crippen LogP contribution in [-0.4, -0.2) is 26.8 Å². The van der Waals surface area contributed by atoms with E-state index in [4.69, 9.17) is 10.5 Å². The lowest BCUT2D eigenvalue weighted by atomic mass is 10.2. The number of rotatable bonds is 4. The SMILES string of the molecule is NC[C@H]1CCN(c2ccc(Oc3ccccc3)cc2)S1(=O)=O. The van der Waals surface area contributed by atoms with Crippen LogP contribution in [-0.2, 0) is 10.0 Å². The van der Waals surface area contributed by atoms with Gasteiger partial charge in [0.05, 0.1) is 10.9 Å². The summed E-state index contributed by atoms with van der Waals surface area (Å²) in [5, 5.41) is -0.479. The molecule has 2 aromatic rings. The maximum atomic E-state index is 12.3. The van der Waals surface area contributed by atoms with Crippen LogP contribution >= 0.6 is 0 Å². The Morgan fingerprint density at radius 3 is 2.27 bits per heavy atom. The molecule has 0 unspecified atom stereocenters. The van der Waals surface area contributed by atoms with Crippen molar-refractivity contribution in [3.8, 4) is 11.5 Å². The van der Waals surface area contributed by atoms with Crippen molar-refractivity contribution in [1.29, 1.82) is 0 Å². The van der Waals surface area contributed by atoms with E-state index in [9.17, 15) is 8.42 Å². The Morgan fingerprint density at radius 1 is 1.05 bits per heavy atom. The third-order valence-corrected chi connectivity index (χ3v) is 6.03. The van der Waals surface area contributed by atoms with Crippen LogP contribution in [0.25, 0.3) is 0 Å². The topological polar surface area (TPSA) is 72.6 Å². The minimum atomic E-state index is -3.34. The zero-order valence-corrected chi connectivity index (χ0v) is 12.9. The number of sulfonamides is 1. The second-order valence-corrected chi connectivity index (χ2v) is 7.31. The number of hydrogen-bond acceptors (Lipinski definition) is 4. The Balaban J connectivity index is 1.78. The van der Waals surface area contributed by atoms with Gasteiger partial charge in [-0.25, -0.2) is 8.42 Å². The standard InChI is InChI=1S/C16H18N2O3S/c17-12-16-10-11-18(22(16,19)20)13-6-8-15(9-7-13)21-14-4-2-1-3-5-14/h1-9,16H,10-12,17H2/t16-/m1/s1. The van der Waals surface area contributed by atoms with Gasteiger partial charge in [-0.1, -0.05) is 18.2 Å². The summed E-state index contributed by atoms with van der Waals surface area (Å²) in [5.74, 6) is 1.41. The van der Waals surface area contributed by atoms with Crippen molar-refractivity contribution in [1.82, 2.24) is 0 Å². The van der Waals surface area contributed by atoms with Crippen molar-refractivity contribution in [2.45, 2.75) is 11.7 Å². The Bertz CT molecular complexity index is 730. The van der Waals surface area contributed by atoms with E-state index in [1.54, 1.807) is 24.3 Å². The van der Waals surface area contributed by atoms with E-state index in [-0.39, 0.29) is 6.54 Å². The first-order valence-corrected chi connectivity index (χ1v) is 8.66. The molecule has 0 saturated carbocycles. The van der Waals surface area contributed by atoms with Crippen LogP contribution in [0.15, 0.2) is 54.6 Å². The molecular weight excluding hydrogens is 300 g/mol. The maximum absolute atomic E-state index is 12.3. The van der Waals surface area contributed by atoms with Crippen molar-refractivity contribution in [2.75, 3.05) is 17.4 Å². The average molecular weight is 318 g/mol. The summed E-state index contributed by atoms with van der Waals surface area (Å²) >= 11 is 0. The fraction of sp³-hybridized carbons (Fsp3) is 0.250. The Hall–Kier alpha value is -2.05. The van der Waals surface area contributed by atoms with E-state index in [1.165, 1.54) is 4.31 Å². The molecule has 0 aliphatic carbocycles. The van der Waals surface area contributed by atoms with Crippen molar-refractivity contribution >= 4 is 15.7 Å². The Morgan fingerprint density at radius 2 is 1.68 bits per heavy atom. The number of anilines is 1. The number of nitrogens with two attached hydrogens (primary N) is 1. The highest BCUT2D eigenvalue weighted by molar-refractivity contribution is 7.93. The highest BCUT2D eigenvalue weighted by Gasteiger charge is 2.37. The Kier molecular flexibility index (Phi) is 4.04. The van der Waals surface area contributed by atoms with Gasteiger partial charge in [0.2, 0.25) is 10.0 Å². The van der Waals surface area contributed by atoms with Crippen LogP contribution in [0.2, 0.25) is 0 Å². The normalized spacial score (nSPS) is 20.0. The molecule has 1 atom stereocenters. The summed E-state index contributed by atoms with van der Waals surface area (Å²) < 4.78 is 31.8. The zero-order valence-electron chi connectivity index (χ0n) is 12.1. The molecule has 1 fully saturated rings. The molecule has 2 aromatic carbocycles. The van der Waals surface area contributed by atoms with Crippen LogP contribution in [0.1, 0.15) is 6.42 Å². The predicted molar refractivity (Wildman–Crippen MR) is 86.7 cm³/mol. The summed E-state index contributed by atoms with van der Waals surface area (Å²) in [6.45, 7) is 0.636. The minimum absolute atomic E-state index is 0.161. The zero-order chi connectivity index (χ0) is 15.6. The number of hydrogen-bond donors (Lipinski definition) is 1. The highest BCUT2D eigenvalue weighted by atomic mass is 32.2. The van der Waals surface area contributed by atoms with Gasteiger partial charge in [-0.05, 0) is 42.8 Å². The van der Waals surface area contributed by atoms with Crippen LogP contribution < -0.4 is 14.8 Å². The molecule has 2 N–H and O–H groups in total. The van der Waals surface area contributed by atoms with Crippen molar-refractivity contribution < 1.29 is 13.2 Å². The Labute approximate surface area is 130 Å². The molecule has 0 spiro atoms. The largest absolute Gasteiger partial charge is 0.457 e. The van der Waals surface area contributed by atoms with Gasteiger partial charge in [0.1, 0.15) is 11.5 Å². The molecule has 1 heterocycles. The maximum Gasteiger partial charge on any atom is 0.239 e. The molecule has 1 aliphatic heterocycles. The third kappa shape index (κ3) is 2.80. The van der Waals surface area contributed by atoms with E-state index < -0.39 is 15.3 Å². The molecule has 116 valence electrons. The molecule has 6 heteroatoms. The van der Waals surface area contributed by atoms with Gasteiger partial charge < -0.3 is 10.5 Å². The fourth-order valence-electron chi connectivity index (χ4n) is 2.54. The number of nitrogens with zero attached hydrogens (tertiary/aromatic N) is 1. The third-order valence-electron chi connectivity index (χ3n) is 3.75. The van der Waals surface area contributed by atoms with Gasteiger partial charge in [-0.15, -0.1) is 0 Å². The first kappa shape index (κ1) is 14.9. The van der Waals surface area contributed by atoms with Gasteiger partial charge in [-0.2, -0.15) is 0 Å². The summed E-state index contributed by atoms with van der Waals surface area (Å²) in [7, 11) is -3.34. The fourth-order valence-corrected chi connectivity index (χ4v) is 4.32. The van der Waals surface area contributed by atoms with Crippen LogP contribution in [0.5, 0.6) is 11.5 Å². The summed E-state index contributed by atoms with van der Waals surface area (Å²) in [4.78, 5) is 0. The lowest BCUT2D eigenvalue weighted by molar-refractivity contribution is 0.482. The second-order valence-electron chi connectivity index (χ2n) is 5.17. The van der Waals surface area contributed by atoms with E-state index in [0.717, 1.165) is 5.75 Å². The summed E-state index contributed by atoms with van der Waals surface area (Å²) in [5.41, 5.74) is 6.18. The van der Waals surface area contributed by atoms with Gasteiger partial charge in [-0.3, -0.25) is 4.31 Å². The predicted octanol–water partition coefficient (Wildman–Crippen LogP) is 2.35. The number of ether oxygens (including phenoxy) is 1. The van der Waals surface area contributed by atoms with Crippen LogP contribution in [0, 0.1) is 0 Å². The minimum Gasteiger partial charge on any atom is -0.457 e. The van der Waals surface area contributed by atoms with E-state index >= 15 is 0 Å². The van der Waals surface area contributed by atoms with Gasteiger partial charge >= 0.3 is 0 Å². The average Bonchev–Trinajstić information content (AvgIpc) is 2.83. The van der Waals surface area contributed by atoms with Crippen molar-refractivity contribution in [3.63, 3.8) is 0 Å². The lowest BCUT2D eigenvalue weighted by Crippen LogP contribution is -2.33. The molecule has 0 radical (unpaired) electrons.